The Hall–Kier alpha value is -1.59. The van der Waals surface area contributed by atoms with Gasteiger partial charge in [-0.2, -0.15) is 0 Å². The molecule has 4 saturated heterocycles. The lowest BCUT2D eigenvalue weighted by molar-refractivity contribution is -0.383. The highest BCUT2D eigenvalue weighted by molar-refractivity contribution is 5.79. The maximum atomic E-state index is 14.8. The van der Waals surface area contributed by atoms with E-state index >= 15 is 0 Å². The normalized spacial score (nSPS) is 54.8. The molecule has 0 amide bonds. The highest BCUT2D eigenvalue weighted by Crippen LogP contribution is 2.76. The number of carbonyl (C=O) groups is 1. The van der Waals surface area contributed by atoms with Gasteiger partial charge in [0.25, 0.3) is 0 Å². The van der Waals surface area contributed by atoms with Crippen molar-refractivity contribution < 1.29 is 109 Å². The molecule has 430 valence electrons. The minimum absolute atomic E-state index is 0.0696. The molecule has 8 fully saturated rings. The van der Waals surface area contributed by atoms with Crippen molar-refractivity contribution >= 4 is 5.97 Å². The Balaban J connectivity index is 0.936. The molecule has 22 nitrogen and oxygen atoms in total. The Bertz CT molecular complexity index is 2060. The molecule has 0 bridgehead atoms. The van der Waals surface area contributed by atoms with Crippen molar-refractivity contribution in [1.82, 2.24) is 0 Å². The summed E-state index contributed by atoms with van der Waals surface area (Å²) in [6.45, 7) is 13.0. The van der Waals surface area contributed by atoms with E-state index in [2.05, 4.69) is 40.7 Å². The first kappa shape index (κ1) is 58.1. The zero-order valence-electron chi connectivity index (χ0n) is 44.2. The number of carbonyl (C=O) groups excluding carboxylic acids is 1. The van der Waals surface area contributed by atoms with Gasteiger partial charge in [0.15, 0.2) is 18.9 Å². The first-order valence-corrected chi connectivity index (χ1v) is 27.3. The smallest absolute Gasteiger partial charge is 0.315 e. The monoisotopic (exact) mass is 1070 g/mol. The molecule has 9 rings (SSSR count). The van der Waals surface area contributed by atoms with Gasteiger partial charge in [0, 0.05) is 5.41 Å². The molecule has 0 spiro atoms. The van der Waals surface area contributed by atoms with Crippen LogP contribution in [0.1, 0.15) is 113 Å². The zero-order valence-corrected chi connectivity index (χ0v) is 44.2. The van der Waals surface area contributed by atoms with Crippen molar-refractivity contribution in [3.63, 3.8) is 0 Å². The van der Waals surface area contributed by atoms with Crippen LogP contribution in [-0.2, 0) is 42.7 Å². The van der Waals surface area contributed by atoms with Gasteiger partial charge in [0.1, 0.15) is 85.5 Å². The number of esters is 1. The second-order valence-electron chi connectivity index (χ2n) is 25.7. The number of rotatable bonds is 11. The number of ether oxygens (including phenoxy) is 8. The summed E-state index contributed by atoms with van der Waals surface area (Å²) < 4.78 is 47.9. The van der Waals surface area contributed by atoms with E-state index in [-0.39, 0.29) is 52.6 Å². The maximum Gasteiger partial charge on any atom is 0.315 e. The summed E-state index contributed by atoms with van der Waals surface area (Å²) >= 11 is 0. The van der Waals surface area contributed by atoms with Gasteiger partial charge < -0.3 is 104 Å². The van der Waals surface area contributed by atoms with Crippen LogP contribution in [0.25, 0.3) is 0 Å². The molecular formula is C53H86O22. The second-order valence-corrected chi connectivity index (χ2v) is 25.7. The third-order valence-corrected chi connectivity index (χ3v) is 21.1. The quantitative estimate of drug-likeness (QED) is 0.0643. The van der Waals surface area contributed by atoms with E-state index in [0.717, 1.165) is 32.1 Å². The average molecular weight is 1080 g/mol. The summed E-state index contributed by atoms with van der Waals surface area (Å²) in [6.07, 6.45) is -21.5. The van der Waals surface area contributed by atoms with E-state index in [9.17, 15) is 71.2 Å². The lowest BCUT2D eigenvalue weighted by Gasteiger charge is -2.71. The number of hydrogen-bond acceptors (Lipinski definition) is 22. The van der Waals surface area contributed by atoms with Gasteiger partial charge in [-0.25, -0.2) is 0 Å². The molecule has 0 unspecified atom stereocenters. The molecular weight excluding hydrogens is 989 g/mol. The summed E-state index contributed by atoms with van der Waals surface area (Å²) in [5.74, 6) is -0.636. The van der Waals surface area contributed by atoms with Gasteiger partial charge in [-0.05, 0) is 111 Å². The van der Waals surface area contributed by atoms with Crippen molar-refractivity contribution in [2.45, 2.75) is 235 Å². The molecule has 9 aliphatic rings. The summed E-state index contributed by atoms with van der Waals surface area (Å²) in [5.41, 5.74) is -1.57. The van der Waals surface area contributed by atoms with Gasteiger partial charge in [-0.3, -0.25) is 4.79 Å². The van der Waals surface area contributed by atoms with E-state index in [1.54, 1.807) is 0 Å². The molecule has 0 aromatic heterocycles. The van der Waals surface area contributed by atoms with Crippen LogP contribution in [0.3, 0.4) is 0 Å². The fourth-order valence-electron chi connectivity index (χ4n) is 16.2. The number of allylic oxidation sites excluding steroid dienone is 2. The average Bonchev–Trinajstić information content (AvgIpc) is 3.37. The topological polar surface area (TPSA) is 354 Å². The highest BCUT2D eigenvalue weighted by Gasteiger charge is 2.71. The van der Waals surface area contributed by atoms with E-state index in [0.29, 0.717) is 32.1 Å². The SMILES string of the molecule is C[C@@H]1O[C@@H](O[C@H]2[C@H](O[C@H]3CC[C@@]4(C)[C@@H](CC[C@]5(C)[C@@H]4CC=C4[C@@H]6CC(C)(C)CC[C@]6(C(=O)O[C@@H]6O[C@H](CO)[C@@H](O)[C@H](O)[C@H]6O)CC[C@]45C)[C@]3(C)CO)OC[C@H](O)[C@@H]2O)[C@H](O)[C@H](O[C@@H]2O[C@H](CO)[C@@H](O)[C@H](O)[C@H]2O)[C@H]1O. The van der Waals surface area contributed by atoms with Crippen LogP contribution in [0.5, 0.6) is 0 Å². The molecule has 13 N–H and O–H groups in total. The maximum absolute atomic E-state index is 14.8. The van der Waals surface area contributed by atoms with Gasteiger partial charge in [-0.1, -0.05) is 53.2 Å². The van der Waals surface area contributed by atoms with Gasteiger partial charge in [0.2, 0.25) is 6.29 Å². The molecule has 0 radical (unpaired) electrons. The minimum Gasteiger partial charge on any atom is -0.432 e. The summed E-state index contributed by atoms with van der Waals surface area (Å²) in [6, 6.07) is 0. The van der Waals surface area contributed by atoms with Crippen molar-refractivity contribution in [1.29, 1.82) is 0 Å². The van der Waals surface area contributed by atoms with Crippen molar-refractivity contribution in [3.05, 3.63) is 11.6 Å². The van der Waals surface area contributed by atoms with Crippen molar-refractivity contribution in [2.24, 2.45) is 50.2 Å². The van der Waals surface area contributed by atoms with E-state index in [1.807, 2.05) is 6.92 Å². The molecule has 22 heteroatoms. The predicted molar refractivity (Wildman–Crippen MR) is 257 cm³/mol. The third kappa shape index (κ3) is 9.40. The molecule has 4 saturated carbocycles. The Morgan fingerprint density at radius 3 is 1.85 bits per heavy atom. The van der Waals surface area contributed by atoms with Crippen LogP contribution in [0.2, 0.25) is 0 Å². The van der Waals surface area contributed by atoms with E-state index < -0.39 is 153 Å². The highest BCUT2D eigenvalue weighted by atomic mass is 16.8. The Morgan fingerprint density at radius 2 is 1.21 bits per heavy atom. The number of aliphatic hydroxyl groups is 13. The molecule has 5 aliphatic carbocycles. The van der Waals surface area contributed by atoms with Gasteiger partial charge in [-0.15, -0.1) is 0 Å². The fraction of sp³-hybridized carbons (Fsp3) is 0.943. The van der Waals surface area contributed by atoms with Crippen LogP contribution in [-0.4, -0.2) is 222 Å². The first-order chi connectivity index (χ1) is 35.2. The van der Waals surface area contributed by atoms with Gasteiger partial charge >= 0.3 is 5.97 Å². The molecule has 0 aromatic rings. The Labute approximate surface area is 437 Å². The lowest BCUT2D eigenvalue weighted by atomic mass is 9.33. The molecule has 0 aromatic carbocycles. The van der Waals surface area contributed by atoms with Crippen LogP contribution in [0.4, 0.5) is 0 Å². The van der Waals surface area contributed by atoms with Crippen LogP contribution in [0, 0.1) is 50.2 Å². The lowest BCUT2D eigenvalue weighted by Crippen LogP contribution is -2.67. The van der Waals surface area contributed by atoms with Crippen molar-refractivity contribution in [2.75, 3.05) is 26.4 Å². The van der Waals surface area contributed by atoms with Gasteiger partial charge in [0.05, 0.1) is 44.1 Å². The van der Waals surface area contributed by atoms with Crippen LogP contribution < -0.4 is 0 Å². The number of aliphatic hydroxyl groups excluding tert-OH is 13. The summed E-state index contributed by atoms with van der Waals surface area (Å²) in [5, 5.41) is 139. The fourth-order valence-corrected chi connectivity index (χ4v) is 16.2. The van der Waals surface area contributed by atoms with Crippen molar-refractivity contribution in [3.8, 4) is 0 Å². The van der Waals surface area contributed by atoms with E-state index in [1.165, 1.54) is 12.5 Å². The van der Waals surface area contributed by atoms with E-state index in [4.69, 9.17) is 37.9 Å². The standard InChI is InChI=1S/C53H86O22/c1-23-32(58)41(73-43-38(64)36(62)34(60)27(19-54)70-43)40(66)45(69-23)74-42-33(59)26(57)21-68-46(42)72-31-11-12-49(4)29(50(31,5)22-56)10-13-52(7)30(49)9-8-24-25-18-48(2,3)14-16-53(25,17-15-51(24,52)6)47(67)75-44-39(65)37(63)35(61)28(20-55)71-44/h8,23,25-46,54-66H,9-22H2,1-7H3/t23-,25-,26-,27+,28+,29+,30+,31-,32-,33-,34+,35+,36-,37-,38+,39+,40+,41+,42+,43-,44-,45-,46-,49-,50-,51+,52+,53-/m0/s1. The second kappa shape index (κ2) is 21.1. The third-order valence-electron chi connectivity index (χ3n) is 21.1. The number of hydrogen-bond donors (Lipinski definition) is 13. The molecule has 4 aliphatic heterocycles. The Morgan fingerprint density at radius 1 is 0.613 bits per heavy atom. The Kier molecular flexibility index (Phi) is 16.3. The van der Waals surface area contributed by atoms with Crippen LogP contribution in [0.15, 0.2) is 11.6 Å². The summed E-state index contributed by atoms with van der Waals surface area (Å²) in [7, 11) is 0. The first-order valence-electron chi connectivity index (χ1n) is 27.3. The van der Waals surface area contributed by atoms with Crippen LogP contribution >= 0.6 is 0 Å². The zero-order chi connectivity index (χ0) is 54.7. The number of fused-ring (bicyclic) bond motifs is 7. The largest absolute Gasteiger partial charge is 0.432 e. The predicted octanol–water partition coefficient (Wildman–Crippen LogP) is -1.40. The summed E-state index contributed by atoms with van der Waals surface area (Å²) in [4.78, 5) is 14.8. The minimum atomic E-state index is -1.85. The molecule has 75 heavy (non-hydrogen) atoms. The molecule has 4 heterocycles. The molecule has 28 atom stereocenters.